The van der Waals surface area contributed by atoms with E-state index in [-0.39, 0.29) is 17.9 Å². The summed E-state index contributed by atoms with van der Waals surface area (Å²) in [5.41, 5.74) is 2.08. The van der Waals surface area contributed by atoms with E-state index < -0.39 is 0 Å². The zero-order valence-corrected chi connectivity index (χ0v) is 12.5. The Morgan fingerprint density at radius 3 is 2.71 bits per heavy atom. The highest BCUT2D eigenvalue weighted by Gasteiger charge is 2.29. The highest BCUT2D eigenvalue weighted by atomic mass is 16.6. The molecule has 4 nitrogen and oxygen atoms in total. The van der Waals surface area contributed by atoms with Crippen LogP contribution in [0.5, 0.6) is 0 Å². The van der Waals surface area contributed by atoms with Gasteiger partial charge < -0.3 is 9.74 Å². The van der Waals surface area contributed by atoms with Crippen LogP contribution in [-0.2, 0) is 9.63 Å². The van der Waals surface area contributed by atoms with Gasteiger partial charge >= 0.3 is 0 Å². The van der Waals surface area contributed by atoms with Crippen molar-refractivity contribution in [3.63, 3.8) is 0 Å². The van der Waals surface area contributed by atoms with Crippen molar-refractivity contribution in [2.45, 2.75) is 38.2 Å². The van der Waals surface area contributed by atoms with Crippen molar-refractivity contribution in [1.29, 1.82) is 0 Å². The minimum absolute atomic E-state index is 0.0180. The average Bonchev–Trinajstić information content (AvgIpc) is 3.19. The number of benzene rings is 1. The highest BCUT2D eigenvalue weighted by molar-refractivity contribution is 6.01. The van der Waals surface area contributed by atoms with Crippen molar-refractivity contribution < 1.29 is 9.63 Å². The van der Waals surface area contributed by atoms with E-state index in [0.717, 1.165) is 30.5 Å². The minimum Gasteiger partial charge on any atom is -0.390 e. The van der Waals surface area contributed by atoms with E-state index in [2.05, 4.69) is 5.16 Å². The van der Waals surface area contributed by atoms with Gasteiger partial charge in [0.25, 0.3) is 0 Å². The van der Waals surface area contributed by atoms with Gasteiger partial charge in [-0.05, 0) is 18.4 Å². The van der Waals surface area contributed by atoms with Crippen molar-refractivity contribution >= 4 is 11.6 Å². The number of oxime groups is 1. The maximum atomic E-state index is 12.3. The molecule has 112 valence electrons. The third kappa shape index (κ3) is 3.26. The fraction of sp³-hybridized carbons (Fsp3) is 0.529. The second-order valence-electron chi connectivity index (χ2n) is 6.04. The van der Waals surface area contributed by atoms with Crippen molar-refractivity contribution in [1.82, 2.24) is 4.90 Å². The Morgan fingerprint density at radius 2 is 2.00 bits per heavy atom. The molecule has 1 fully saturated rings. The molecule has 0 saturated heterocycles. The fourth-order valence-electron chi connectivity index (χ4n) is 3.21. The summed E-state index contributed by atoms with van der Waals surface area (Å²) in [6.07, 6.45) is 5.21. The van der Waals surface area contributed by atoms with Crippen LogP contribution in [-0.4, -0.2) is 36.2 Å². The zero-order valence-electron chi connectivity index (χ0n) is 12.5. The van der Waals surface area contributed by atoms with Crippen LogP contribution in [0.4, 0.5) is 0 Å². The zero-order chi connectivity index (χ0) is 14.7. The van der Waals surface area contributed by atoms with Crippen molar-refractivity contribution in [2.24, 2.45) is 11.1 Å². The number of hydrogen-bond donors (Lipinski definition) is 0. The first-order valence-corrected chi connectivity index (χ1v) is 7.77. The molecular formula is C17H22N2O2. The third-order valence-electron chi connectivity index (χ3n) is 4.40. The fourth-order valence-corrected chi connectivity index (χ4v) is 3.21. The first-order chi connectivity index (χ1) is 10.2. The van der Waals surface area contributed by atoms with Crippen LogP contribution in [0.25, 0.3) is 0 Å². The SMILES string of the molecule is CN(C[C@H]1CC(c2ccccc2)=NO1)C(=O)C1CCCC1. The molecular weight excluding hydrogens is 264 g/mol. The predicted octanol–water partition coefficient (Wildman–Crippen LogP) is 2.83. The van der Waals surface area contributed by atoms with E-state index in [0.29, 0.717) is 6.54 Å². The van der Waals surface area contributed by atoms with E-state index in [1.165, 1.54) is 12.8 Å². The number of carbonyl (C=O) groups is 1. The van der Waals surface area contributed by atoms with Crippen molar-refractivity contribution in [2.75, 3.05) is 13.6 Å². The van der Waals surface area contributed by atoms with Crippen LogP contribution in [0, 0.1) is 5.92 Å². The molecule has 1 aromatic rings. The summed E-state index contributed by atoms with van der Waals surface area (Å²) in [5, 5.41) is 4.18. The number of rotatable bonds is 4. The highest BCUT2D eigenvalue weighted by Crippen LogP contribution is 2.26. The molecule has 1 heterocycles. The molecule has 0 aromatic heterocycles. The molecule has 3 rings (SSSR count). The Morgan fingerprint density at radius 1 is 1.29 bits per heavy atom. The molecule has 1 aromatic carbocycles. The van der Waals surface area contributed by atoms with Gasteiger partial charge in [0.05, 0.1) is 12.3 Å². The summed E-state index contributed by atoms with van der Waals surface area (Å²) in [7, 11) is 1.88. The Labute approximate surface area is 125 Å². The number of nitrogens with zero attached hydrogens (tertiary/aromatic N) is 2. The lowest BCUT2D eigenvalue weighted by Crippen LogP contribution is -2.37. The Kier molecular flexibility index (Phi) is 4.23. The van der Waals surface area contributed by atoms with Crippen molar-refractivity contribution in [3.05, 3.63) is 35.9 Å². The smallest absolute Gasteiger partial charge is 0.225 e. The molecule has 0 spiro atoms. The standard InChI is InChI=1S/C17H22N2O2/c1-19(17(20)14-9-5-6-10-14)12-15-11-16(18-21-15)13-7-3-2-4-8-13/h2-4,7-8,14-15H,5-6,9-12H2,1H3/t15-/m1/s1. The van der Waals surface area contributed by atoms with Crippen LogP contribution in [0.1, 0.15) is 37.7 Å². The van der Waals surface area contributed by atoms with Gasteiger partial charge in [-0.25, -0.2) is 0 Å². The Hall–Kier alpha value is -1.84. The van der Waals surface area contributed by atoms with E-state index in [1.54, 1.807) is 0 Å². The molecule has 0 radical (unpaired) electrons. The number of carbonyl (C=O) groups excluding carboxylic acids is 1. The molecule has 0 N–H and O–H groups in total. The van der Waals surface area contributed by atoms with Gasteiger partial charge in [0, 0.05) is 19.4 Å². The number of hydrogen-bond acceptors (Lipinski definition) is 3. The van der Waals surface area contributed by atoms with Gasteiger partial charge in [-0.3, -0.25) is 4.79 Å². The molecule has 0 bridgehead atoms. The summed E-state index contributed by atoms with van der Waals surface area (Å²) < 4.78 is 0. The average molecular weight is 286 g/mol. The summed E-state index contributed by atoms with van der Waals surface area (Å²) in [6.45, 7) is 0.620. The van der Waals surface area contributed by atoms with Gasteiger partial charge in [0.1, 0.15) is 0 Å². The molecule has 4 heteroatoms. The first kappa shape index (κ1) is 14.1. The summed E-state index contributed by atoms with van der Waals surface area (Å²) in [6, 6.07) is 10.1. The number of amides is 1. The Balaban J connectivity index is 1.52. The van der Waals surface area contributed by atoms with Gasteiger partial charge in [-0.2, -0.15) is 0 Å². The van der Waals surface area contributed by atoms with E-state index >= 15 is 0 Å². The first-order valence-electron chi connectivity index (χ1n) is 7.77. The quantitative estimate of drug-likeness (QED) is 0.854. The lowest BCUT2D eigenvalue weighted by atomic mass is 10.0. The predicted molar refractivity (Wildman–Crippen MR) is 82.1 cm³/mol. The lowest BCUT2D eigenvalue weighted by molar-refractivity contribution is -0.135. The van der Waals surface area contributed by atoms with Gasteiger partial charge in [-0.1, -0.05) is 48.3 Å². The molecule has 1 saturated carbocycles. The normalized spacial score (nSPS) is 22.0. The molecule has 1 atom stereocenters. The maximum Gasteiger partial charge on any atom is 0.225 e. The maximum absolute atomic E-state index is 12.3. The van der Waals surface area contributed by atoms with Gasteiger partial charge in [-0.15, -0.1) is 0 Å². The van der Waals surface area contributed by atoms with Crippen LogP contribution < -0.4 is 0 Å². The molecule has 1 aliphatic carbocycles. The van der Waals surface area contributed by atoms with Crippen LogP contribution in [0.3, 0.4) is 0 Å². The second-order valence-corrected chi connectivity index (χ2v) is 6.04. The monoisotopic (exact) mass is 286 g/mol. The van der Waals surface area contributed by atoms with Crippen LogP contribution in [0.2, 0.25) is 0 Å². The van der Waals surface area contributed by atoms with E-state index in [9.17, 15) is 4.79 Å². The minimum atomic E-state index is -0.0180. The summed E-state index contributed by atoms with van der Waals surface area (Å²) >= 11 is 0. The van der Waals surface area contributed by atoms with Crippen LogP contribution >= 0.6 is 0 Å². The molecule has 2 aliphatic rings. The summed E-state index contributed by atoms with van der Waals surface area (Å²) in [4.78, 5) is 19.6. The lowest BCUT2D eigenvalue weighted by Gasteiger charge is -2.23. The second kappa shape index (κ2) is 6.29. The third-order valence-corrected chi connectivity index (χ3v) is 4.40. The number of likely N-dealkylation sites (N-methyl/N-ethyl adjacent to an activating group) is 1. The summed E-state index contributed by atoms with van der Waals surface area (Å²) in [5.74, 6) is 0.496. The van der Waals surface area contributed by atoms with E-state index in [1.807, 2.05) is 42.3 Å². The van der Waals surface area contributed by atoms with Crippen LogP contribution in [0.15, 0.2) is 35.5 Å². The van der Waals surface area contributed by atoms with Gasteiger partial charge in [0.2, 0.25) is 5.91 Å². The molecule has 1 amide bonds. The Bertz CT molecular complexity index is 521. The largest absolute Gasteiger partial charge is 0.390 e. The topological polar surface area (TPSA) is 41.9 Å². The molecule has 21 heavy (non-hydrogen) atoms. The molecule has 1 aliphatic heterocycles. The van der Waals surface area contributed by atoms with Gasteiger partial charge in [0.15, 0.2) is 6.10 Å². The molecule has 0 unspecified atom stereocenters. The van der Waals surface area contributed by atoms with Crippen molar-refractivity contribution in [3.8, 4) is 0 Å². The van der Waals surface area contributed by atoms with E-state index in [4.69, 9.17) is 4.84 Å².